The summed E-state index contributed by atoms with van der Waals surface area (Å²) >= 11 is 0. The number of nitrogens with zero attached hydrogens (tertiary/aromatic N) is 1. The molecule has 4 aliphatic rings. The normalized spacial score (nSPS) is 28.2. The van der Waals surface area contributed by atoms with Crippen molar-refractivity contribution in [1.82, 2.24) is 10.2 Å². The molecular formula is C28H30N2O5. The Bertz CT molecular complexity index is 1120. The minimum absolute atomic E-state index is 0.0208. The first-order chi connectivity index (χ1) is 17.0. The number of carboxylic acid groups (broad SMARTS) is 1. The van der Waals surface area contributed by atoms with E-state index >= 15 is 0 Å². The maximum Gasteiger partial charge on any atom is 0.407 e. The molecule has 1 heterocycles. The third-order valence-electron chi connectivity index (χ3n) is 8.52. The monoisotopic (exact) mass is 474 g/mol. The van der Waals surface area contributed by atoms with Crippen molar-refractivity contribution < 1.29 is 24.2 Å². The van der Waals surface area contributed by atoms with E-state index in [0.29, 0.717) is 19.6 Å². The summed E-state index contributed by atoms with van der Waals surface area (Å²) in [6.07, 6.45) is 2.09. The van der Waals surface area contributed by atoms with Crippen LogP contribution in [0.15, 0.2) is 48.5 Å². The van der Waals surface area contributed by atoms with Gasteiger partial charge in [0.25, 0.3) is 0 Å². The molecule has 3 aliphatic carbocycles. The molecule has 0 radical (unpaired) electrons. The van der Waals surface area contributed by atoms with Gasteiger partial charge in [-0.15, -0.1) is 0 Å². The first-order valence-corrected chi connectivity index (χ1v) is 12.6. The van der Waals surface area contributed by atoms with Gasteiger partial charge in [-0.2, -0.15) is 0 Å². The average Bonchev–Trinajstić information content (AvgIpc) is 3.51. The summed E-state index contributed by atoms with van der Waals surface area (Å²) in [5.41, 5.74) is 4.74. The van der Waals surface area contributed by atoms with E-state index in [1.165, 1.54) is 22.3 Å². The summed E-state index contributed by atoms with van der Waals surface area (Å²) in [4.78, 5) is 38.8. The number of alkyl carbamates (subject to hydrolysis) is 1. The molecule has 35 heavy (non-hydrogen) atoms. The van der Waals surface area contributed by atoms with Crippen LogP contribution in [0.25, 0.3) is 11.1 Å². The number of aliphatic carboxylic acids is 1. The van der Waals surface area contributed by atoms with Crippen LogP contribution in [0.3, 0.4) is 0 Å². The molecule has 182 valence electrons. The molecule has 2 N–H and O–H groups in total. The highest BCUT2D eigenvalue weighted by molar-refractivity contribution is 5.83. The molecule has 0 spiro atoms. The van der Waals surface area contributed by atoms with Gasteiger partial charge < -0.3 is 20.1 Å². The standard InChI is InChI=1S/C28H30N2O5/c31-26(30-13-16-9-10-17(14-30)25(16)27(32)33)23-11-18(23)12-29-28(34)35-15-24-21-7-3-1-5-19(21)20-6-2-4-8-22(20)24/h1-8,16-18,23-25H,9-15H2,(H,29,34)(H,32,33)/t16?,17?,18-,23-,25?/m0/s1. The van der Waals surface area contributed by atoms with Gasteiger partial charge in [0.1, 0.15) is 6.61 Å². The molecule has 6 rings (SSSR count). The molecule has 3 fully saturated rings. The number of ether oxygens (including phenoxy) is 1. The van der Waals surface area contributed by atoms with Gasteiger partial charge in [-0.25, -0.2) is 4.79 Å². The van der Waals surface area contributed by atoms with Crippen LogP contribution < -0.4 is 5.32 Å². The SMILES string of the molecule is O=C(NC[C@@H]1C[C@@H]1C(=O)N1CC2CCC(C1)C2C(=O)O)OCC1c2ccccc2-c2ccccc21. The number of carbonyl (C=O) groups is 3. The van der Waals surface area contributed by atoms with Crippen molar-refractivity contribution in [3.8, 4) is 11.1 Å². The third-order valence-corrected chi connectivity index (χ3v) is 8.52. The second-order valence-electron chi connectivity index (χ2n) is 10.5. The van der Waals surface area contributed by atoms with Gasteiger partial charge in [-0.3, -0.25) is 9.59 Å². The number of amides is 2. The topological polar surface area (TPSA) is 95.9 Å². The number of piperidine rings is 1. The molecule has 0 aromatic heterocycles. The van der Waals surface area contributed by atoms with E-state index < -0.39 is 12.1 Å². The van der Waals surface area contributed by atoms with Gasteiger partial charge in [0, 0.05) is 31.5 Å². The molecule has 2 unspecified atom stereocenters. The Balaban J connectivity index is 0.988. The summed E-state index contributed by atoms with van der Waals surface area (Å²) in [5, 5.41) is 12.3. The van der Waals surface area contributed by atoms with Gasteiger partial charge in [-0.05, 0) is 59.3 Å². The van der Waals surface area contributed by atoms with Crippen molar-refractivity contribution in [2.75, 3.05) is 26.2 Å². The molecule has 7 heteroatoms. The number of hydrogen-bond acceptors (Lipinski definition) is 4. The minimum Gasteiger partial charge on any atom is -0.481 e. The lowest BCUT2D eigenvalue weighted by Gasteiger charge is -2.36. The highest BCUT2D eigenvalue weighted by atomic mass is 16.5. The zero-order valence-electron chi connectivity index (χ0n) is 19.6. The summed E-state index contributed by atoms with van der Waals surface area (Å²) < 4.78 is 5.60. The van der Waals surface area contributed by atoms with Crippen LogP contribution in [-0.2, 0) is 14.3 Å². The van der Waals surface area contributed by atoms with Crippen LogP contribution in [0.5, 0.6) is 0 Å². The number of rotatable bonds is 6. The van der Waals surface area contributed by atoms with E-state index in [4.69, 9.17) is 4.74 Å². The fourth-order valence-electron chi connectivity index (χ4n) is 6.68. The number of benzene rings is 2. The van der Waals surface area contributed by atoms with Gasteiger partial charge in [0.15, 0.2) is 0 Å². The Kier molecular flexibility index (Phi) is 5.50. The van der Waals surface area contributed by atoms with Crippen molar-refractivity contribution in [2.24, 2.45) is 29.6 Å². The lowest BCUT2D eigenvalue weighted by molar-refractivity contribution is -0.150. The van der Waals surface area contributed by atoms with Crippen molar-refractivity contribution in [3.05, 3.63) is 59.7 Å². The largest absolute Gasteiger partial charge is 0.481 e. The Hall–Kier alpha value is -3.35. The number of hydrogen-bond donors (Lipinski definition) is 2. The number of nitrogens with one attached hydrogen (secondary N) is 1. The lowest BCUT2D eigenvalue weighted by atomic mass is 9.85. The predicted molar refractivity (Wildman–Crippen MR) is 129 cm³/mol. The van der Waals surface area contributed by atoms with E-state index in [1.807, 2.05) is 29.2 Å². The van der Waals surface area contributed by atoms with Crippen LogP contribution in [0.4, 0.5) is 4.79 Å². The van der Waals surface area contributed by atoms with Crippen molar-refractivity contribution in [2.45, 2.75) is 25.2 Å². The summed E-state index contributed by atoms with van der Waals surface area (Å²) in [6.45, 7) is 1.80. The van der Waals surface area contributed by atoms with E-state index in [-0.39, 0.29) is 48.0 Å². The maximum absolute atomic E-state index is 13.0. The highest BCUT2D eigenvalue weighted by Gasteiger charge is 2.51. The summed E-state index contributed by atoms with van der Waals surface area (Å²) in [7, 11) is 0. The highest BCUT2D eigenvalue weighted by Crippen LogP contribution is 2.46. The van der Waals surface area contributed by atoms with Crippen molar-refractivity contribution in [1.29, 1.82) is 0 Å². The summed E-state index contributed by atoms with van der Waals surface area (Å²) in [6, 6.07) is 16.5. The molecule has 4 atom stereocenters. The number of carboxylic acids is 1. The molecule has 2 aromatic carbocycles. The molecule has 2 bridgehead atoms. The zero-order valence-corrected chi connectivity index (χ0v) is 19.6. The predicted octanol–water partition coefficient (Wildman–Crippen LogP) is 3.73. The van der Waals surface area contributed by atoms with Crippen LogP contribution in [0.2, 0.25) is 0 Å². The quantitative estimate of drug-likeness (QED) is 0.665. The van der Waals surface area contributed by atoms with E-state index in [1.54, 1.807) is 0 Å². The lowest BCUT2D eigenvalue weighted by Crippen LogP contribution is -2.48. The Morgan fingerprint density at radius 1 is 0.943 bits per heavy atom. The molecule has 2 amide bonds. The second kappa shape index (κ2) is 8.70. The smallest absolute Gasteiger partial charge is 0.407 e. The van der Waals surface area contributed by atoms with E-state index in [2.05, 4.69) is 29.6 Å². The van der Waals surface area contributed by atoms with Crippen molar-refractivity contribution >= 4 is 18.0 Å². The molecule has 1 aliphatic heterocycles. The van der Waals surface area contributed by atoms with Crippen LogP contribution in [-0.4, -0.2) is 54.2 Å². The molecule has 7 nitrogen and oxygen atoms in total. The van der Waals surface area contributed by atoms with Gasteiger partial charge in [0.05, 0.1) is 5.92 Å². The Morgan fingerprint density at radius 3 is 2.14 bits per heavy atom. The molecular weight excluding hydrogens is 444 g/mol. The van der Waals surface area contributed by atoms with Crippen LogP contribution in [0, 0.1) is 29.6 Å². The number of carbonyl (C=O) groups excluding carboxylic acids is 2. The Labute approximate surface area is 204 Å². The van der Waals surface area contributed by atoms with Gasteiger partial charge in [-0.1, -0.05) is 48.5 Å². The Morgan fingerprint density at radius 2 is 1.54 bits per heavy atom. The molecule has 2 saturated carbocycles. The summed E-state index contributed by atoms with van der Waals surface area (Å²) in [5.74, 6) is -0.691. The maximum atomic E-state index is 13.0. The third kappa shape index (κ3) is 3.97. The second-order valence-corrected chi connectivity index (χ2v) is 10.5. The van der Waals surface area contributed by atoms with Crippen LogP contribution >= 0.6 is 0 Å². The first-order valence-electron chi connectivity index (χ1n) is 12.6. The van der Waals surface area contributed by atoms with Crippen LogP contribution in [0.1, 0.15) is 36.3 Å². The van der Waals surface area contributed by atoms with E-state index in [0.717, 1.165) is 19.3 Å². The minimum atomic E-state index is -0.721. The fourth-order valence-corrected chi connectivity index (χ4v) is 6.68. The molecule has 1 saturated heterocycles. The van der Waals surface area contributed by atoms with Gasteiger partial charge in [0.2, 0.25) is 5.91 Å². The fraction of sp³-hybridized carbons (Fsp3) is 0.464. The van der Waals surface area contributed by atoms with Crippen molar-refractivity contribution in [3.63, 3.8) is 0 Å². The van der Waals surface area contributed by atoms with E-state index in [9.17, 15) is 19.5 Å². The zero-order chi connectivity index (χ0) is 24.1. The average molecular weight is 475 g/mol. The number of fused-ring (bicyclic) bond motifs is 5. The molecule has 2 aromatic rings. The first kappa shape index (κ1) is 22.1. The van der Waals surface area contributed by atoms with Gasteiger partial charge >= 0.3 is 12.1 Å². The number of likely N-dealkylation sites (tertiary alicyclic amines) is 1.